The molecule has 0 amide bonds. The van der Waals surface area contributed by atoms with Crippen LogP contribution in [-0.4, -0.2) is 36.3 Å². The quantitative estimate of drug-likeness (QED) is 0.818. The summed E-state index contributed by atoms with van der Waals surface area (Å²) in [6, 6.07) is 3.37. The molecule has 1 aliphatic heterocycles. The van der Waals surface area contributed by atoms with Gasteiger partial charge in [0.25, 0.3) is 0 Å². The monoisotopic (exact) mass is 290 g/mol. The standard InChI is InChI=1S/C13H17F3N2O2/c14-13(15,16)11-9-10(17-19)3-4-12(11)20-8-7-18-5-1-2-6-18/h3-4,9,17,19H,1-2,5-8H2. The van der Waals surface area contributed by atoms with Crippen LogP contribution in [0.5, 0.6) is 5.75 Å². The van der Waals surface area contributed by atoms with Crippen molar-refractivity contribution in [2.75, 3.05) is 31.7 Å². The third-order valence-electron chi connectivity index (χ3n) is 3.28. The van der Waals surface area contributed by atoms with Gasteiger partial charge < -0.3 is 4.74 Å². The molecule has 1 saturated heterocycles. The van der Waals surface area contributed by atoms with Crippen LogP contribution in [0, 0.1) is 0 Å². The fourth-order valence-corrected chi connectivity index (χ4v) is 2.24. The highest BCUT2D eigenvalue weighted by atomic mass is 19.4. The Labute approximate surface area is 115 Å². The molecule has 20 heavy (non-hydrogen) atoms. The van der Waals surface area contributed by atoms with Crippen LogP contribution in [0.3, 0.4) is 0 Å². The molecule has 1 fully saturated rings. The Kier molecular flexibility index (Phi) is 4.72. The second-order valence-electron chi connectivity index (χ2n) is 4.72. The first-order chi connectivity index (χ1) is 9.50. The predicted molar refractivity (Wildman–Crippen MR) is 68.0 cm³/mol. The summed E-state index contributed by atoms with van der Waals surface area (Å²) in [6.45, 7) is 2.79. The van der Waals surface area contributed by atoms with E-state index >= 15 is 0 Å². The van der Waals surface area contributed by atoms with Crippen molar-refractivity contribution in [1.29, 1.82) is 0 Å². The van der Waals surface area contributed by atoms with Crippen molar-refractivity contribution in [3.63, 3.8) is 0 Å². The summed E-state index contributed by atoms with van der Waals surface area (Å²) in [5.41, 5.74) is 0.789. The Bertz CT molecular complexity index is 446. The van der Waals surface area contributed by atoms with E-state index < -0.39 is 11.7 Å². The third kappa shape index (κ3) is 3.77. The summed E-state index contributed by atoms with van der Waals surface area (Å²) in [6.07, 6.45) is -2.26. The Balaban J connectivity index is 2.02. The molecule has 112 valence electrons. The Morgan fingerprint density at radius 1 is 1.25 bits per heavy atom. The van der Waals surface area contributed by atoms with Gasteiger partial charge in [0, 0.05) is 6.54 Å². The van der Waals surface area contributed by atoms with Crippen molar-refractivity contribution in [3.05, 3.63) is 23.8 Å². The lowest BCUT2D eigenvalue weighted by Crippen LogP contribution is -2.25. The molecule has 4 nitrogen and oxygen atoms in total. The minimum atomic E-state index is -4.52. The van der Waals surface area contributed by atoms with Gasteiger partial charge in [-0.15, -0.1) is 0 Å². The number of nitrogens with zero attached hydrogens (tertiary/aromatic N) is 1. The van der Waals surface area contributed by atoms with Crippen molar-refractivity contribution in [2.45, 2.75) is 19.0 Å². The molecule has 0 unspecified atom stereocenters. The van der Waals surface area contributed by atoms with Gasteiger partial charge in [0.15, 0.2) is 0 Å². The van der Waals surface area contributed by atoms with Gasteiger partial charge in [0.1, 0.15) is 12.4 Å². The van der Waals surface area contributed by atoms with Gasteiger partial charge in [-0.25, -0.2) is 0 Å². The van der Waals surface area contributed by atoms with Crippen LogP contribution in [-0.2, 0) is 6.18 Å². The van der Waals surface area contributed by atoms with E-state index in [2.05, 4.69) is 4.90 Å². The number of hydrogen-bond acceptors (Lipinski definition) is 4. The maximum Gasteiger partial charge on any atom is 0.420 e. The average molecular weight is 290 g/mol. The van der Waals surface area contributed by atoms with E-state index in [9.17, 15) is 13.2 Å². The van der Waals surface area contributed by atoms with E-state index in [0.717, 1.165) is 32.0 Å². The molecule has 1 aromatic carbocycles. The Hall–Kier alpha value is -1.47. The molecule has 0 aliphatic carbocycles. The lowest BCUT2D eigenvalue weighted by Gasteiger charge is -2.18. The molecule has 0 bridgehead atoms. The molecule has 0 atom stereocenters. The largest absolute Gasteiger partial charge is 0.492 e. The molecular formula is C13H17F3N2O2. The maximum atomic E-state index is 12.9. The molecule has 0 radical (unpaired) electrons. The van der Waals surface area contributed by atoms with E-state index in [1.165, 1.54) is 12.1 Å². The number of likely N-dealkylation sites (tertiary alicyclic amines) is 1. The second-order valence-corrected chi connectivity index (χ2v) is 4.72. The highest BCUT2D eigenvalue weighted by Crippen LogP contribution is 2.37. The van der Waals surface area contributed by atoms with E-state index in [-0.39, 0.29) is 18.0 Å². The average Bonchev–Trinajstić information content (AvgIpc) is 2.91. The van der Waals surface area contributed by atoms with Crippen molar-refractivity contribution in [1.82, 2.24) is 4.90 Å². The van der Waals surface area contributed by atoms with Crippen LogP contribution < -0.4 is 10.2 Å². The van der Waals surface area contributed by atoms with Crippen molar-refractivity contribution in [2.24, 2.45) is 0 Å². The molecular weight excluding hydrogens is 273 g/mol. The summed E-state index contributed by atoms with van der Waals surface area (Å²) < 4.78 is 43.9. The van der Waals surface area contributed by atoms with Gasteiger partial charge in [-0.3, -0.25) is 15.6 Å². The van der Waals surface area contributed by atoms with Crippen LogP contribution in [0.1, 0.15) is 18.4 Å². The number of halogens is 3. The molecule has 2 N–H and O–H groups in total. The van der Waals surface area contributed by atoms with Crippen LogP contribution in [0.2, 0.25) is 0 Å². The number of alkyl halides is 3. The lowest BCUT2D eigenvalue weighted by molar-refractivity contribution is -0.138. The van der Waals surface area contributed by atoms with Gasteiger partial charge in [-0.2, -0.15) is 13.2 Å². The number of benzene rings is 1. The molecule has 0 aromatic heterocycles. The first-order valence-electron chi connectivity index (χ1n) is 6.47. The second kappa shape index (κ2) is 6.32. The van der Waals surface area contributed by atoms with Gasteiger partial charge in [0.05, 0.1) is 11.3 Å². The first-order valence-corrected chi connectivity index (χ1v) is 6.47. The maximum absolute atomic E-state index is 12.9. The van der Waals surface area contributed by atoms with E-state index in [4.69, 9.17) is 9.94 Å². The Morgan fingerprint density at radius 2 is 1.95 bits per heavy atom. The minimum Gasteiger partial charge on any atom is -0.492 e. The number of hydrogen-bond donors (Lipinski definition) is 2. The van der Waals surface area contributed by atoms with Crippen LogP contribution in [0.4, 0.5) is 18.9 Å². The number of ether oxygens (including phenoxy) is 1. The summed E-state index contributed by atoms with van der Waals surface area (Å²) in [5.74, 6) is -0.212. The van der Waals surface area contributed by atoms with Gasteiger partial charge in [0.2, 0.25) is 0 Å². The third-order valence-corrected chi connectivity index (χ3v) is 3.28. The first kappa shape index (κ1) is 14.9. The SMILES string of the molecule is ONc1ccc(OCCN2CCCC2)c(C(F)(F)F)c1. The van der Waals surface area contributed by atoms with Gasteiger partial charge in [-0.05, 0) is 44.1 Å². The van der Waals surface area contributed by atoms with E-state index in [0.29, 0.717) is 6.54 Å². The normalized spacial score (nSPS) is 16.4. The summed E-state index contributed by atoms with van der Waals surface area (Å²) in [7, 11) is 0. The van der Waals surface area contributed by atoms with Crippen LogP contribution >= 0.6 is 0 Å². The summed E-state index contributed by atoms with van der Waals surface area (Å²) in [5, 5.41) is 8.67. The molecule has 2 rings (SSSR count). The van der Waals surface area contributed by atoms with Crippen LogP contribution in [0.15, 0.2) is 18.2 Å². The van der Waals surface area contributed by atoms with Crippen molar-refractivity contribution < 1.29 is 23.1 Å². The highest BCUT2D eigenvalue weighted by molar-refractivity contribution is 5.50. The zero-order chi connectivity index (χ0) is 14.6. The zero-order valence-electron chi connectivity index (χ0n) is 10.9. The summed E-state index contributed by atoms with van der Waals surface area (Å²) in [4.78, 5) is 2.16. The molecule has 0 saturated carbocycles. The molecule has 7 heteroatoms. The van der Waals surface area contributed by atoms with Gasteiger partial charge in [-0.1, -0.05) is 0 Å². The summed E-state index contributed by atoms with van der Waals surface area (Å²) >= 11 is 0. The molecule has 1 aromatic rings. The highest BCUT2D eigenvalue weighted by Gasteiger charge is 2.34. The topological polar surface area (TPSA) is 44.7 Å². The molecule has 1 aliphatic rings. The number of nitrogens with one attached hydrogen (secondary N) is 1. The fourth-order valence-electron chi connectivity index (χ4n) is 2.24. The lowest BCUT2D eigenvalue weighted by atomic mass is 10.1. The minimum absolute atomic E-state index is 0.0239. The Morgan fingerprint density at radius 3 is 2.55 bits per heavy atom. The van der Waals surface area contributed by atoms with Crippen molar-refractivity contribution in [3.8, 4) is 5.75 Å². The zero-order valence-corrected chi connectivity index (χ0v) is 10.9. The van der Waals surface area contributed by atoms with Crippen LogP contribution in [0.25, 0.3) is 0 Å². The number of anilines is 1. The van der Waals surface area contributed by atoms with Crippen molar-refractivity contribution >= 4 is 5.69 Å². The smallest absolute Gasteiger partial charge is 0.420 e. The van der Waals surface area contributed by atoms with Gasteiger partial charge >= 0.3 is 6.18 Å². The van der Waals surface area contributed by atoms with E-state index in [1.807, 2.05) is 0 Å². The molecule has 1 heterocycles. The predicted octanol–water partition coefficient (Wildman–Crippen LogP) is 2.98. The molecule has 0 spiro atoms. The van der Waals surface area contributed by atoms with E-state index in [1.54, 1.807) is 5.48 Å². The number of rotatable bonds is 5. The fraction of sp³-hybridized carbons (Fsp3) is 0.538.